The molecular weight excluding hydrogens is 287 g/mol. The molecule has 0 saturated heterocycles. The number of phenols is 1. The third-order valence-corrected chi connectivity index (χ3v) is 2.36. The van der Waals surface area contributed by atoms with Crippen LogP contribution in [0.3, 0.4) is 0 Å². The van der Waals surface area contributed by atoms with Gasteiger partial charge in [-0.2, -0.15) is 0 Å². The maximum absolute atomic E-state index is 10.7. The highest BCUT2D eigenvalue weighted by Crippen LogP contribution is 2.32. The molecule has 5 heteroatoms. The average Bonchev–Trinajstić information content (AvgIpc) is 2.07. The summed E-state index contributed by atoms with van der Waals surface area (Å²) in [5, 5.41) is 18.0. The fraction of sp³-hybridized carbons (Fsp3) is 0.125. The van der Waals surface area contributed by atoms with E-state index in [-0.39, 0.29) is 17.1 Å². The van der Waals surface area contributed by atoms with Gasteiger partial charge in [0.05, 0.1) is 10.7 Å². The van der Waals surface area contributed by atoms with Crippen LogP contribution in [0.2, 0.25) is 0 Å². The molecule has 13 heavy (non-hydrogen) atoms. The van der Waals surface area contributed by atoms with E-state index in [1.807, 2.05) is 22.6 Å². The van der Waals surface area contributed by atoms with Crippen molar-refractivity contribution in [2.24, 2.45) is 0 Å². The first-order valence-electron chi connectivity index (χ1n) is 3.36. The molecule has 0 spiro atoms. The summed E-state index contributed by atoms with van der Waals surface area (Å²) in [6, 6.07) is 2.91. The molecule has 0 aliphatic carbocycles. The van der Waals surface area contributed by atoms with E-state index in [0.29, 0.717) is 3.57 Å². The molecule has 0 heterocycles. The number of halogens is 1. The van der Waals surface area contributed by atoms with E-state index in [1.165, 1.54) is 13.2 Å². The fourth-order valence-electron chi connectivity index (χ4n) is 0.953. The summed E-state index contributed by atoms with van der Waals surface area (Å²) in [5.41, 5.74) is -0.200. The number of hydrogen-bond donors (Lipinski definition) is 2. The number of hydrogen-bond acceptors (Lipinski definition) is 3. The van der Waals surface area contributed by atoms with E-state index >= 15 is 0 Å². The van der Waals surface area contributed by atoms with Crippen molar-refractivity contribution < 1.29 is 19.7 Å². The summed E-state index contributed by atoms with van der Waals surface area (Å²) < 4.78 is 5.52. The number of ether oxygens (including phenoxy) is 1. The first-order chi connectivity index (χ1) is 6.07. The van der Waals surface area contributed by atoms with Gasteiger partial charge in [0.25, 0.3) is 0 Å². The molecule has 2 N–H and O–H groups in total. The Balaban J connectivity index is 3.43. The lowest BCUT2D eigenvalue weighted by Crippen LogP contribution is -2.02. The third kappa shape index (κ3) is 1.85. The van der Waals surface area contributed by atoms with Crippen molar-refractivity contribution >= 4 is 28.6 Å². The Morgan fingerprint density at radius 3 is 2.54 bits per heavy atom. The molecule has 0 aliphatic rings. The van der Waals surface area contributed by atoms with E-state index in [2.05, 4.69) is 0 Å². The van der Waals surface area contributed by atoms with Gasteiger partial charge in [-0.25, -0.2) is 4.79 Å². The van der Waals surface area contributed by atoms with Crippen molar-refractivity contribution in [2.45, 2.75) is 0 Å². The van der Waals surface area contributed by atoms with Gasteiger partial charge in [-0.1, -0.05) is 0 Å². The normalized spacial score (nSPS) is 9.69. The van der Waals surface area contributed by atoms with Crippen LogP contribution in [0, 0.1) is 3.57 Å². The first kappa shape index (κ1) is 10.1. The van der Waals surface area contributed by atoms with E-state index in [0.717, 1.165) is 0 Å². The van der Waals surface area contributed by atoms with Gasteiger partial charge in [0, 0.05) is 0 Å². The van der Waals surface area contributed by atoms with Crippen LogP contribution in [0.15, 0.2) is 12.1 Å². The molecule has 0 saturated carbocycles. The molecule has 1 aromatic rings. The van der Waals surface area contributed by atoms with E-state index < -0.39 is 5.97 Å². The summed E-state index contributed by atoms with van der Waals surface area (Å²) in [7, 11) is 1.36. The van der Waals surface area contributed by atoms with Crippen LogP contribution >= 0.6 is 22.6 Å². The summed E-state index contributed by atoms with van der Waals surface area (Å²) in [6.45, 7) is 0. The van der Waals surface area contributed by atoms with Crippen LogP contribution in [-0.4, -0.2) is 23.3 Å². The second-order valence-corrected chi connectivity index (χ2v) is 3.44. The minimum Gasteiger partial charge on any atom is -0.507 e. The fourth-order valence-corrected chi connectivity index (χ4v) is 1.62. The van der Waals surface area contributed by atoms with Crippen LogP contribution in [0.4, 0.5) is 0 Å². The van der Waals surface area contributed by atoms with Crippen molar-refractivity contribution in [2.75, 3.05) is 7.11 Å². The summed E-state index contributed by atoms with van der Waals surface area (Å²) >= 11 is 1.94. The van der Waals surface area contributed by atoms with Crippen molar-refractivity contribution in [3.05, 3.63) is 21.3 Å². The monoisotopic (exact) mass is 294 g/mol. The van der Waals surface area contributed by atoms with Gasteiger partial charge in [-0.05, 0) is 34.7 Å². The number of rotatable bonds is 2. The molecular formula is C8H7IO4. The first-order valence-corrected chi connectivity index (χ1v) is 4.44. The second-order valence-electron chi connectivity index (χ2n) is 2.28. The predicted octanol–water partition coefficient (Wildman–Crippen LogP) is 1.70. The number of aromatic hydroxyl groups is 1. The summed E-state index contributed by atoms with van der Waals surface area (Å²) in [4.78, 5) is 10.7. The maximum atomic E-state index is 10.7. The average molecular weight is 294 g/mol. The molecule has 4 nitrogen and oxygen atoms in total. The number of carbonyl (C=O) groups is 1. The van der Waals surface area contributed by atoms with Gasteiger partial charge in [0.15, 0.2) is 5.75 Å². The van der Waals surface area contributed by atoms with Gasteiger partial charge >= 0.3 is 5.97 Å². The molecule has 0 aromatic heterocycles. The lowest BCUT2D eigenvalue weighted by Gasteiger charge is -2.08. The highest BCUT2D eigenvalue weighted by atomic mass is 127. The zero-order chi connectivity index (χ0) is 10.0. The molecule has 0 atom stereocenters. The highest BCUT2D eigenvalue weighted by Gasteiger charge is 2.18. The Labute approximate surface area is 88.3 Å². The quantitative estimate of drug-likeness (QED) is 0.815. The Bertz CT molecular complexity index is 348. The Kier molecular flexibility index (Phi) is 2.97. The number of benzene rings is 1. The van der Waals surface area contributed by atoms with Gasteiger partial charge in [0.1, 0.15) is 11.3 Å². The van der Waals surface area contributed by atoms with Gasteiger partial charge in [-0.15, -0.1) is 0 Å². The molecule has 1 rings (SSSR count). The van der Waals surface area contributed by atoms with Crippen molar-refractivity contribution in [3.8, 4) is 11.5 Å². The standard InChI is InChI=1S/C8H7IO4/c1-13-7-4(9)2-3-5(10)6(7)8(11)12/h2-3,10H,1H3,(H,11,12). The van der Waals surface area contributed by atoms with E-state index in [9.17, 15) is 9.90 Å². The minimum atomic E-state index is -1.20. The number of carboxylic acid groups (broad SMARTS) is 1. The Hall–Kier alpha value is -0.980. The molecule has 0 fully saturated rings. The van der Waals surface area contributed by atoms with E-state index in [1.54, 1.807) is 6.07 Å². The molecule has 0 unspecified atom stereocenters. The van der Waals surface area contributed by atoms with Crippen molar-refractivity contribution in [1.82, 2.24) is 0 Å². The van der Waals surface area contributed by atoms with Gasteiger partial charge < -0.3 is 14.9 Å². The predicted molar refractivity (Wildman–Crippen MR) is 54.3 cm³/mol. The largest absolute Gasteiger partial charge is 0.507 e. The highest BCUT2D eigenvalue weighted by molar-refractivity contribution is 14.1. The Morgan fingerprint density at radius 2 is 2.15 bits per heavy atom. The number of methoxy groups -OCH3 is 1. The molecule has 1 aromatic carbocycles. The lowest BCUT2D eigenvalue weighted by molar-refractivity contribution is 0.0690. The maximum Gasteiger partial charge on any atom is 0.343 e. The molecule has 70 valence electrons. The van der Waals surface area contributed by atoms with E-state index in [4.69, 9.17) is 9.84 Å². The molecule has 0 bridgehead atoms. The smallest absolute Gasteiger partial charge is 0.343 e. The minimum absolute atomic E-state index is 0.188. The Morgan fingerprint density at radius 1 is 1.54 bits per heavy atom. The SMILES string of the molecule is COc1c(I)ccc(O)c1C(=O)O. The third-order valence-electron chi connectivity index (χ3n) is 1.51. The number of carboxylic acids is 1. The van der Waals surface area contributed by atoms with Crippen molar-refractivity contribution in [3.63, 3.8) is 0 Å². The summed E-state index contributed by atoms with van der Waals surface area (Å²) in [6.07, 6.45) is 0. The van der Waals surface area contributed by atoms with Crippen LogP contribution < -0.4 is 4.74 Å². The second kappa shape index (κ2) is 3.82. The van der Waals surface area contributed by atoms with Crippen LogP contribution in [0.1, 0.15) is 10.4 Å². The van der Waals surface area contributed by atoms with Crippen molar-refractivity contribution in [1.29, 1.82) is 0 Å². The topological polar surface area (TPSA) is 66.8 Å². The van der Waals surface area contributed by atoms with Gasteiger partial charge in [0.2, 0.25) is 0 Å². The van der Waals surface area contributed by atoms with Crippen LogP contribution in [0.5, 0.6) is 11.5 Å². The zero-order valence-corrected chi connectivity index (χ0v) is 8.90. The van der Waals surface area contributed by atoms with Crippen LogP contribution in [0.25, 0.3) is 0 Å². The summed E-state index contributed by atoms with van der Waals surface area (Å²) in [5.74, 6) is -1.30. The molecule has 0 radical (unpaired) electrons. The lowest BCUT2D eigenvalue weighted by atomic mass is 10.2. The van der Waals surface area contributed by atoms with Gasteiger partial charge in [-0.3, -0.25) is 0 Å². The van der Waals surface area contributed by atoms with Crippen LogP contribution in [-0.2, 0) is 0 Å². The number of aromatic carboxylic acids is 1. The molecule has 0 amide bonds. The molecule has 0 aliphatic heterocycles. The zero-order valence-electron chi connectivity index (χ0n) is 6.74.